The molecule has 0 aliphatic carbocycles. The van der Waals surface area contributed by atoms with Crippen LogP contribution in [0.2, 0.25) is 0 Å². The number of esters is 1. The number of ether oxygens (including phenoxy) is 1. The van der Waals surface area contributed by atoms with Crippen LogP contribution < -0.4 is 11.5 Å². The van der Waals surface area contributed by atoms with Gasteiger partial charge in [-0.2, -0.15) is 0 Å². The van der Waals surface area contributed by atoms with Crippen LogP contribution in [0.4, 0.5) is 0 Å². The van der Waals surface area contributed by atoms with E-state index in [9.17, 15) is 9.59 Å². The van der Waals surface area contributed by atoms with Gasteiger partial charge in [0.15, 0.2) is 0 Å². The lowest BCUT2D eigenvalue weighted by Crippen LogP contribution is -2.15. The van der Waals surface area contributed by atoms with Gasteiger partial charge < -0.3 is 16.2 Å². The van der Waals surface area contributed by atoms with E-state index in [0.717, 1.165) is 6.08 Å². The lowest BCUT2D eigenvalue weighted by atomic mass is 10.3. The van der Waals surface area contributed by atoms with Crippen molar-refractivity contribution in [1.82, 2.24) is 0 Å². The number of rotatable bonds is 3. The lowest BCUT2D eigenvalue weighted by Gasteiger charge is -1.95. The van der Waals surface area contributed by atoms with Crippen LogP contribution in [0.5, 0.6) is 0 Å². The minimum atomic E-state index is -0.594. The number of hydrogen-bond acceptors (Lipinski definition) is 4. The highest BCUT2D eigenvalue weighted by Crippen LogP contribution is 1.91. The summed E-state index contributed by atoms with van der Waals surface area (Å²) in [7, 11) is 1.22. The van der Waals surface area contributed by atoms with Crippen molar-refractivity contribution in [3.8, 4) is 0 Å². The highest BCUT2D eigenvalue weighted by Gasteiger charge is 2.00. The van der Waals surface area contributed by atoms with Crippen molar-refractivity contribution < 1.29 is 14.3 Å². The third-order valence-electron chi connectivity index (χ3n) is 0.883. The van der Waals surface area contributed by atoms with Crippen molar-refractivity contribution in [3.05, 3.63) is 11.8 Å². The number of hydrogen-bond donors (Lipinski definition) is 2. The first-order valence-corrected chi connectivity index (χ1v) is 2.88. The predicted molar refractivity (Wildman–Crippen MR) is 38.1 cm³/mol. The predicted octanol–water partition coefficient (Wildman–Crippen LogP) is -1.12. The van der Waals surface area contributed by atoms with Crippen molar-refractivity contribution >= 4 is 11.9 Å². The Morgan fingerprint density at radius 3 is 2.36 bits per heavy atom. The van der Waals surface area contributed by atoms with Gasteiger partial charge in [-0.25, -0.2) is 4.79 Å². The summed E-state index contributed by atoms with van der Waals surface area (Å²) >= 11 is 0. The Morgan fingerprint density at radius 1 is 1.45 bits per heavy atom. The average Bonchev–Trinajstić information content (AvgIpc) is 1.85. The zero-order valence-electron chi connectivity index (χ0n) is 6.16. The van der Waals surface area contributed by atoms with Gasteiger partial charge in [-0.3, -0.25) is 4.79 Å². The fourth-order valence-corrected chi connectivity index (χ4v) is 0.463. The fourth-order valence-electron chi connectivity index (χ4n) is 0.463. The van der Waals surface area contributed by atoms with Gasteiger partial charge in [-0.1, -0.05) is 0 Å². The van der Waals surface area contributed by atoms with Gasteiger partial charge in [0.05, 0.1) is 13.5 Å². The van der Waals surface area contributed by atoms with Crippen molar-refractivity contribution in [2.75, 3.05) is 7.11 Å². The Bertz CT molecular complexity index is 198. The second-order valence-corrected chi connectivity index (χ2v) is 1.89. The molecule has 0 atom stereocenters. The average molecular weight is 158 g/mol. The number of nitrogens with two attached hydrogens (primary N) is 2. The first-order valence-electron chi connectivity index (χ1n) is 2.88. The summed E-state index contributed by atoms with van der Waals surface area (Å²) in [6.07, 6.45) is 0.889. The highest BCUT2D eigenvalue weighted by molar-refractivity contribution is 5.84. The first kappa shape index (κ1) is 9.48. The topological polar surface area (TPSA) is 95.4 Å². The Balaban J connectivity index is 4.00. The molecule has 0 saturated heterocycles. The van der Waals surface area contributed by atoms with E-state index in [2.05, 4.69) is 4.74 Å². The highest BCUT2D eigenvalue weighted by atomic mass is 16.5. The van der Waals surface area contributed by atoms with E-state index < -0.39 is 11.9 Å². The number of methoxy groups -OCH3 is 1. The van der Waals surface area contributed by atoms with E-state index in [-0.39, 0.29) is 12.1 Å². The molecule has 0 bridgehead atoms. The van der Waals surface area contributed by atoms with Gasteiger partial charge in [0, 0.05) is 11.8 Å². The molecule has 0 aliphatic rings. The molecule has 0 aliphatic heterocycles. The largest absolute Gasteiger partial charge is 0.466 e. The van der Waals surface area contributed by atoms with Crippen LogP contribution in [-0.4, -0.2) is 19.0 Å². The summed E-state index contributed by atoms with van der Waals surface area (Å²) in [4.78, 5) is 20.7. The fraction of sp³-hybridized carbons (Fsp3) is 0.333. The van der Waals surface area contributed by atoms with Crippen molar-refractivity contribution in [3.63, 3.8) is 0 Å². The van der Waals surface area contributed by atoms with Crippen LogP contribution in [0.15, 0.2) is 11.8 Å². The lowest BCUT2D eigenvalue weighted by molar-refractivity contribution is -0.134. The molecular weight excluding hydrogens is 148 g/mol. The third kappa shape index (κ3) is 4.95. The molecule has 62 valence electrons. The third-order valence-corrected chi connectivity index (χ3v) is 0.883. The Kier molecular flexibility index (Phi) is 3.72. The van der Waals surface area contributed by atoms with E-state index in [1.54, 1.807) is 0 Å². The smallest absolute Gasteiger partial charge is 0.332 e. The zero-order chi connectivity index (χ0) is 8.85. The van der Waals surface area contributed by atoms with Gasteiger partial charge in [0.1, 0.15) is 0 Å². The molecule has 0 aromatic heterocycles. The molecule has 0 spiro atoms. The molecule has 0 unspecified atom stereocenters. The number of carbonyl (C=O) groups is 2. The Hall–Kier alpha value is -1.52. The Morgan fingerprint density at radius 2 is 2.00 bits per heavy atom. The normalized spacial score (nSPS) is 10.8. The van der Waals surface area contributed by atoms with E-state index >= 15 is 0 Å². The summed E-state index contributed by atoms with van der Waals surface area (Å²) in [5.74, 6) is -1.17. The van der Waals surface area contributed by atoms with Crippen LogP contribution in [-0.2, 0) is 14.3 Å². The molecule has 0 aromatic carbocycles. The first-order chi connectivity index (χ1) is 5.06. The minimum absolute atomic E-state index is 0.101. The van der Waals surface area contributed by atoms with E-state index in [0.29, 0.717) is 0 Å². The maximum absolute atomic E-state index is 10.5. The molecule has 0 fully saturated rings. The van der Waals surface area contributed by atoms with Crippen LogP contribution in [0.1, 0.15) is 6.42 Å². The van der Waals surface area contributed by atoms with E-state index in [4.69, 9.17) is 11.5 Å². The zero-order valence-corrected chi connectivity index (χ0v) is 6.16. The van der Waals surface area contributed by atoms with Gasteiger partial charge in [0.2, 0.25) is 5.91 Å². The van der Waals surface area contributed by atoms with Gasteiger partial charge >= 0.3 is 5.97 Å². The maximum Gasteiger partial charge on any atom is 0.332 e. The molecular formula is C6H10N2O3. The molecule has 0 rings (SSSR count). The standard InChI is InChI=1S/C6H10N2O3/c1-11-6(10)3-4(7)2-5(8)9/h3H,2,7H2,1H3,(H2,8,9)/b4-3+. The second-order valence-electron chi connectivity index (χ2n) is 1.89. The Labute approximate surface area is 64.0 Å². The van der Waals surface area contributed by atoms with Crippen molar-refractivity contribution in [2.45, 2.75) is 6.42 Å². The monoisotopic (exact) mass is 158 g/mol. The van der Waals surface area contributed by atoms with Crippen molar-refractivity contribution in [2.24, 2.45) is 11.5 Å². The SMILES string of the molecule is COC(=O)/C=C(/N)CC(N)=O. The molecule has 4 N–H and O–H groups in total. The van der Waals surface area contributed by atoms with Crippen LogP contribution in [0.3, 0.4) is 0 Å². The molecule has 5 heteroatoms. The van der Waals surface area contributed by atoms with Crippen molar-refractivity contribution in [1.29, 1.82) is 0 Å². The van der Waals surface area contributed by atoms with Gasteiger partial charge in [0.25, 0.3) is 0 Å². The quantitative estimate of drug-likeness (QED) is 0.401. The summed E-state index contributed by atoms with van der Waals surface area (Å²) in [5.41, 5.74) is 10.1. The van der Waals surface area contributed by atoms with Crippen LogP contribution >= 0.6 is 0 Å². The summed E-state index contributed by atoms with van der Waals surface area (Å²) in [5, 5.41) is 0. The number of amides is 1. The van der Waals surface area contributed by atoms with Crippen LogP contribution in [0.25, 0.3) is 0 Å². The maximum atomic E-state index is 10.5. The summed E-state index contributed by atoms with van der Waals surface area (Å²) < 4.78 is 4.25. The van der Waals surface area contributed by atoms with Gasteiger partial charge in [-0.15, -0.1) is 0 Å². The number of primary amides is 1. The molecule has 0 aromatic rings. The van der Waals surface area contributed by atoms with Gasteiger partial charge in [-0.05, 0) is 0 Å². The van der Waals surface area contributed by atoms with Crippen LogP contribution in [0, 0.1) is 0 Å². The molecule has 11 heavy (non-hydrogen) atoms. The molecule has 0 radical (unpaired) electrons. The summed E-state index contributed by atoms with van der Waals surface area (Å²) in [6.45, 7) is 0. The second kappa shape index (κ2) is 4.32. The molecule has 0 saturated carbocycles. The van der Waals surface area contributed by atoms with E-state index in [1.165, 1.54) is 7.11 Å². The molecule has 0 heterocycles. The summed E-state index contributed by atoms with van der Waals surface area (Å²) in [6, 6.07) is 0. The molecule has 1 amide bonds. The van der Waals surface area contributed by atoms with E-state index in [1.807, 2.05) is 0 Å². The molecule has 5 nitrogen and oxygen atoms in total. The minimum Gasteiger partial charge on any atom is -0.466 e. The number of carbonyl (C=O) groups excluding carboxylic acids is 2.